The largest absolute Gasteiger partial charge is 0.326 e. The Kier molecular flexibility index (Phi) is 6.74. The lowest BCUT2D eigenvalue weighted by Crippen LogP contribution is -2.44. The fraction of sp³-hybridized carbons (Fsp3) is 0.240. The Morgan fingerprint density at radius 1 is 1.14 bits per heavy atom. The van der Waals surface area contributed by atoms with E-state index in [2.05, 4.69) is 41.3 Å². The number of benzene rings is 1. The second-order valence-corrected chi connectivity index (χ2v) is 9.46. The fourth-order valence-electron chi connectivity index (χ4n) is 4.40. The molecule has 1 aliphatic heterocycles. The normalized spacial score (nSPS) is 17.2. The lowest BCUT2D eigenvalue weighted by Gasteiger charge is -2.23. The Morgan fingerprint density at radius 2 is 1.92 bits per heavy atom. The molecule has 188 valence electrons. The molecule has 37 heavy (non-hydrogen) atoms. The van der Waals surface area contributed by atoms with Crippen molar-refractivity contribution in [1.82, 2.24) is 29.6 Å². The summed E-state index contributed by atoms with van der Waals surface area (Å²) in [7, 11) is 0. The van der Waals surface area contributed by atoms with Crippen LogP contribution in [0.5, 0.6) is 0 Å². The molecule has 3 aromatic heterocycles. The molecular formula is C25H21BrFN7O3. The van der Waals surface area contributed by atoms with Crippen molar-refractivity contribution >= 4 is 50.2 Å². The zero-order valence-corrected chi connectivity index (χ0v) is 21.2. The van der Waals surface area contributed by atoms with Crippen LogP contribution < -0.4 is 5.32 Å². The van der Waals surface area contributed by atoms with Crippen molar-refractivity contribution in [3.63, 3.8) is 0 Å². The fourth-order valence-corrected chi connectivity index (χ4v) is 4.75. The van der Waals surface area contributed by atoms with Gasteiger partial charge in [-0.05, 0) is 45.8 Å². The van der Waals surface area contributed by atoms with Gasteiger partial charge in [0.15, 0.2) is 5.78 Å². The van der Waals surface area contributed by atoms with Crippen LogP contribution in [0, 0.1) is 0 Å². The molecule has 2 amide bonds. The van der Waals surface area contributed by atoms with Gasteiger partial charge in [-0.2, -0.15) is 5.10 Å². The second-order valence-electron chi connectivity index (χ2n) is 8.65. The average Bonchev–Trinajstić information content (AvgIpc) is 3.45. The van der Waals surface area contributed by atoms with E-state index in [1.54, 1.807) is 42.7 Å². The van der Waals surface area contributed by atoms with Gasteiger partial charge in [0.05, 0.1) is 12.1 Å². The highest BCUT2D eigenvalue weighted by molar-refractivity contribution is 9.10. The van der Waals surface area contributed by atoms with Crippen LogP contribution >= 0.6 is 15.9 Å². The van der Waals surface area contributed by atoms with E-state index < -0.39 is 24.0 Å². The molecule has 1 fully saturated rings. The van der Waals surface area contributed by atoms with E-state index in [9.17, 15) is 18.8 Å². The van der Waals surface area contributed by atoms with Crippen LogP contribution in [0.15, 0.2) is 59.7 Å². The highest BCUT2D eigenvalue weighted by Crippen LogP contribution is 2.28. The molecule has 12 heteroatoms. The molecule has 4 heterocycles. The maximum atomic E-state index is 14.4. The van der Waals surface area contributed by atoms with E-state index in [4.69, 9.17) is 0 Å². The molecule has 0 bridgehead atoms. The molecule has 1 aromatic carbocycles. The van der Waals surface area contributed by atoms with E-state index >= 15 is 0 Å². The van der Waals surface area contributed by atoms with E-state index in [1.807, 2.05) is 6.07 Å². The number of hydrogen-bond donors (Lipinski definition) is 1. The van der Waals surface area contributed by atoms with Crippen LogP contribution in [0.2, 0.25) is 0 Å². The third kappa shape index (κ3) is 5.10. The van der Waals surface area contributed by atoms with Gasteiger partial charge < -0.3 is 10.2 Å². The maximum absolute atomic E-state index is 14.4. The number of carbonyl (C=O) groups excluding carboxylic acids is 3. The van der Waals surface area contributed by atoms with Crippen LogP contribution in [-0.2, 0) is 16.1 Å². The monoisotopic (exact) mass is 565 g/mol. The number of halogens is 2. The molecule has 0 radical (unpaired) electrons. The summed E-state index contributed by atoms with van der Waals surface area (Å²) in [5, 5.41) is 7.60. The van der Waals surface area contributed by atoms with Crippen molar-refractivity contribution in [2.45, 2.75) is 32.1 Å². The second kappa shape index (κ2) is 10.1. The number of carbonyl (C=O) groups is 3. The number of hydrogen-bond acceptors (Lipinski definition) is 7. The summed E-state index contributed by atoms with van der Waals surface area (Å²) in [6, 6.07) is 9.39. The Morgan fingerprint density at radius 3 is 2.65 bits per heavy atom. The number of fused-ring (bicyclic) bond motifs is 1. The Labute approximate surface area is 219 Å². The summed E-state index contributed by atoms with van der Waals surface area (Å²) in [5.41, 5.74) is 2.33. The number of anilines is 1. The molecule has 10 nitrogen and oxygen atoms in total. The highest BCUT2D eigenvalue weighted by Gasteiger charge is 2.40. The number of nitrogens with zero attached hydrogens (tertiary/aromatic N) is 6. The third-order valence-corrected chi connectivity index (χ3v) is 6.54. The molecule has 1 aliphatic rings. The first-order valence-corrected chi connectivity index (χ1v) is 12.2. The average molecular weight is 566 g/mol. The van der Waals surface area contributed by atoms with Crippen molar-refractivity contribution in [3.8, 4) is 11.1 Å². The van der Waals surface area contributed by atoms with Gasteiger partial charge in [0.2, 0.25) is 11.8 Å². The first kappa shape index (κ1) is 24.6. The SMILES string of the molecule is CC(=O)c1nn(CC(=O)N2C[C@H](F)C[C@H]2C(=O)Nc2cccc(Br)n2)c2ccc(-c3cncnc3)cc12. The molecule has 4 aromatic rings. The van der Waals surface area contributed by atoms with Gasteiger partial charge in [0.1, 0.15) is 41.2 Å². The van der Waals surface area contributed by atoms with Crippen molar-refractivity contribution in [3.05, 3.63) is 65.4 Å². The highest BCUT2D eigenvalue weighted by atomic mass is 79.9. The van der Waals surface area contributed by atoms with Crippen LogP contribution in [-0.4, -0.2) is 66.0 Å². The summed E-state index contributed by atoms with van der Waals surface area (Å²) < 4.78 is 16.3. The van der Waals surface area contributed by atoms with Crippen molar-refractivity contribution in [2.24, 2.45) is 0 Å². The zero-order chi connectivity index (χ0) is 26.1. The molecule has 2 atom stereocenters. The predicted molar refractivity (Wildman–Crippen MR) is 136 cm³/mol. The summed E-state index contributed by atoms with van der Waals surface area (Å²) >= 11 is 3.24. The van der Waals surface area contributed by atoms with Gasteiger partial charge in [0, 0.05) is 36.7 Å². The molecular weight excluding hydrogens is 545 g/mol. The summed E-state index contributed by atoms with van der Waals surface area (Å²) in [6.07, 6.45) is 3.28. The van der Waals surface area contributed by atoms with Gasteiger partial charge in [-0.1, -0.05) is 12.1 Å². The number of nitrogens with one attached hydrogen (secondary N) is 1. The summed E-state index contributed by atoms with van der Waals surface area (Å²) in [6.45, 7) is 0.930. The Hall–Kier alpha value is -4.06. The van der Waals surface area contributed by atoms with Crippen LogP contribution in [0.4, 0.5) is 10.2 Å². The number of pyridine rings is 1. The van der Waals surface area contributed by atoms with Crippen LogP contribution in [0.1, 0.15) is 23.8 Å². The van der Waals surface area contributed by atoms with Crippen LogP contribution in [0.3, 0.4) is 0 Å². The van der Waals surface area contributed by atoms with E-state index in [1.165, 1.54) is 22.8 Å². The number of amides is 2. The lowest BCUT2D eigenvalue weighted by molar-refractivity contribution is -0.137. The van der Waals surface area contributed by atoms with Crippen molar-refractivity contribution in [1.29, 1.82) is 0 Å². The topological polar surface area (TPSA) is 123 Å². The number of alkyl halides is 1. The molecule has 0 aliphatic carbocycles. The van der Waals surface area contributed by atoms with Gasteiger partial charge in [0.25, 0.3) is 0 Å². The maximum Gasteiger partial charge on any atom is 0.248 e. The minimum Gasteiger partial charge on any atom is -0.326 e. The van der Waals surface area contributed by atoms with Crippen molar-refractivity contribution < 1.29 is 18.8 Å². The smallest absolute Gasteiger partial charge is 0.248 e. The molecule has 5 rings (SSSR count). The summed E-state index contributed by atoms with van der Waals surface area (Å²) in [5.74, 6) is -0.981. The minimum absolute atomic E-state index is 0.118. The first-order valence-electron chi connectivity index (χ1n) is 11.4. The molecule has 1 N–H and O–H groups in total. The van der Waals surface area contributed by atoms with E-state index in [0.29, 0.717) is 15.5 Å². The Bertz CT molecular complexity index is 1510. The number of likely N-dealkylation sites (tertiary alicyclic amines) is 1. The lowest BCUT2D eigenvalue weighted by atomic mass is 10.0. The quantitative estimate of drug-likeness (QED) is 0.280. The predicted octanol–water partition coefficient (Wildman–Crippen LogP) is 3.43. The number of rotatable bonds is 6. The standard InChI is InChI=1S/C25H21BrFN7O3/c1-14(35)24-18-7-15(16-9-28-13-29-10-16)5-6-19(18)34(32-24)12-23(36)33-11-17(27)8-20(33)25(37)31-22-4-2-3-21(26)30-22/h2-7,9-10,13,17,20H,8,11-12H2,1H3,(H,30,31,37)/t17-,20+/m1/s1. The van der Waals surface area contributed by atoms with E-state index in [-0.39, 0.29) is 36.8 Å². The zero-order valence-electron chi connectivity index (χ0n) is 19.6. The Balaban J connectivity index is 1.41. The molecule has 0 unspecified atom stereocenters. The molecule has 1 saturated heterocycles. The minimum atomic E-state index is -1.34. The first-order chi connectivity index (χ1) is 17.8. The molecule has 0 saturated carbocycles. The summed E-state index contributed by atoms with van der Waals surface area (Å²) in [4.78, 5) is 52.0. The van der Waals surface area contributed by atoms with Crippen LogP contribution in [0.25, 0.3) is 22.0 Å². The van der Waals surface area contributed by atoms with Crippen molar-refractivity contribution in [2.75, 3.05) is 11.9 Å². The number of ketones is 1. The van der Waals surface area contributed by atoms with Gasteiger partial charge in [-0.3, -0.25) is 19.1 Å². The van der Waals surface area contributed by atoms with Gasteiger partial charge >= 0.3 is 0 Å². The van der Waals surface area contributed by atoms with Gasteiger partial charge in [-0.15, -0.1) is 0 Å². The molecule has 0 spiro atoms. The number of Topliss-reactive ketones (excluding diaryl/α,β-unsaturated/α-hetero) is 1. The third-order valence-electron chi connectivity index (χ3n) is 6.10. The van der Waals surface area contributed by atoms with Gasteiger partial charge in [-0.25, -0.2) is 19.3 Å². The van der Waals surface area contributed by atoms with E-state index in [0.717, 1.165) is 11.1 Å². The number of aromatic nitrogens is 5.